The summed E-state index contributed by atoms with van der Waals surface area (Å²) in [5, 5.41) is 1.22. The Morgan fingerprint density at radius 1 is 1.10 bits per heavy atom. The Labute approximate surface area is 171 Å². The minimum Gasteiger partial charge on any atom is -0.341 e. The molecule has 0 saturated carbocycles. The predicted octanol–water partition coefficient (Wildman–Crippen LogP) is 3.50. The summed E-state index contributed by atoms with van der Waals surface area (Å²) in [6, 6.07) is 15.6. The maximum atomic E-state index is 13.8. The molecule has 0 bridgehead atoms. The summed E-state index contributed by atoms with van der Waals surface area (Å²) >= 11 is 0. The van der Waals surface area contributed by atoms with Gasteiger partial charge in [0.25, 0.3) is 0 Å². The molecule has 0 N–H and O–H groups in total. The molecule has 0 aliphatic carbocycles. The maximum absolute atomic E-state index is 13.8. The third kappa shape index (κ3) is 5.52. The Morgan fingerprint density at radius 3 is 2.38 bits per heavy atom. The van der Waals surface area contributed by atoms with Crippen molar-refractivity contribution in [3.63, 3.8) is 0 Å². The maximum Gasteiger partial charge on any atom is 0.236 e. The van der Waals surface area contributed by atoms with Crippen LogP contribution in [0.1, 0.15) is 24.0 Å². The van der Waals surface area contributed by atoms with Gasteiger partial charge >= 0.3 is 0 Å². The smallest absolute Gasteiger partial charge is 0.236 e. The van der Waals surface area contributed by atoms with Gasteiger partial charge in [0.1, 0.15) is 5.82 Å². The highest BCUT2D eigenvalue weighted by Gasteiger charge is 2.31. The first-order valence-corrected chi connectivity index (χ1v) is 11.1. The molecule has 1 aliphatic heterocycles. The number of amides is 1. The van der Waals surface area contributed by atoms with Crippen LogP contribution in [0.4, 0.5) is 4.39 Å². The van der Waals surface area contributed by atoms with Crippen LogP contribution in [0, 0.1) is 11.7 Å². The molecule has 0 atom stereocenters. The van der Waals surface area contributed by atoms with Gasteiger partial charge in [-0.1, -0.05) is 48.5 Å². The Morgan fingerprint density at radius 2 is 1.72 bits per heavy atom. The van der Waals surface area contributed by atoms with Crippen molar-refractivity contribution in [3.8, 4) is 0 Å². The number of piperidine rings is 1. The minimum atomic E-state index is -3.53. The van der Waals surface area contributed by atoms with Gasteiger partial charge in [0.2, 0.25) is 15.9 Å². The molecule has 1 aliphatic rings. The van der Waals surface area contributed by atoms with Crippen molar-refractivity contribution in [2.24, 2.45) is 5.92 Å². The highest BCUT2D eigenvalue weighted by molar-refractivity contribution is 7.92. The van der Waals surface area contributed by atoms with Gasteiger partial charge in [-0.05, 0) is 30.5 Å². The van der Waals surface area contributed by atoms with E-state index in [0.29, 0.717) is 31.5 Å². The molecule has 1 heterocycles. The molecule has 1 fully saturated rings. The summed E-state index contributed by atoms with van der Waals surface area (Å²) in [7, 11) is -1.87. The summed E-state index contributed by atoms with van der Waals surface area (Å²) in [5.74, 6) is -0.667. The number of sulfonamides is 1. The normalized spacial score (nSPS) is 16.2. The Hall–Kier alpha value is -2.51. The molecule has 2 aromatic rings. The average molecular weight is 417 g/mol. The lowest BCUT2D eigenvalue weighted by Crippen LogP contribution is -2.42. The summed E-state index contributed by atoms with van der Waals surface area (Å²) in [6.45, 7) is 0.792. The van der Waals surface area contributed by atoms with Crippen molar-refractivity contribution in [1.82, 2.24) is 9.21 Å². The molecule has 0 unspecified atom stereocenters. The fourth-order valence-electron chi connectivity index (χ4n) is 3.44. The molecular formula is C22H25FN2O3S. The number of hydrogen-bond donors (Lipinski definition) is 0. The monoisotopic (exact) mass is 416 g/mol. The molecule has 0 aromatic heterocycles. The van der Waals surface area contributed by atoms with E-state index in [-0.39, 0.29) is 24.2 Å². The highest BCUT2D eigenvalue weighted by Crippen LogP contribution is 2.23. The zero-order chi connectivity index (χ0) is 20.9. The molecule has 2 aromatic carbocycles. The molecular weight excluding hydrogens is 391 g/mol. The molecule has 1 saturated heterocycles. The van der Waals surface area contributed by atoms with Crippen LogP contribution >= 0.6 is 0 Å². The van der Waals surface area contributed by atoms with Crippen molar-refractivity contribution in [3.05, 3.63) is 76.9 Å². The fourth-order valence-corrected chi connectivity index (χ4v) is 4.66. The number of benzene rings is 2. The van der Waals surface area contributed by atoms with E-state index in [4.69, 9.17) is 0 Å². The predicted molar refractivity (Wildman–Crippen MR) is 112 cm³/mol. The number of carbonyl (C=O) groups is 1. The first-order valence-electron chi connectivity index (χ1n) is 9.58. The van der Waals surface area contributed by atoms with Gasteiger partial charge in [0.05, 0.1) is 0 Å². The lowest BCUT2D eigenvalue weighted by molar-refractivity contribution is -0.135. The van der Waals surface area contributed by atoms with Gasteiger partial charge in [-0.2, -0.15) is 4.31 Å². The second kappa shape index (κ2) is 9.33. The molecule has 29 heavy (non-hydrogen) atoms. The highest BCUT2D eigenvalue weighted by atomic mass is 32.2. The third-order valence-electron chi connectivity index (χ3n) is 5.14. The molecule has 3 rings (SSSR count). The van der Waals surface area contributed by atoms with Crippen LogP contribution < -0.4 is 0 Å². The molecule has 5 nitrogen and oxygen atoms in total. The number of halogens is 1. The summed E-state index contributed by atoms with van der Waals surface area (Å²) in [4.78, 5) is 14.2. The number of carbonyl (C=O) groups excluding carboxylic acids is 1. The van der Waals surface area contributed by atoms with E-state index in [1.165, 1.54) is 20.7 Å². The average Bonchev–Trinajstić information content (AvgIpc) is 2.74. The first-order chi connectivity index (χ1) is 13.9. The molecule has 7 heteroatoms. The summed E-state index contributed by atoms with van der Waals surface area (Å²) in [5.41, 5.74) is 1.28. The van der Waals surface area contributed by atoms with Crippen molar-refractivity contribution in [2.75, 3.05) is 20.1 Å². The summed E-state index contributed by atoms with van der Waals surface area (Å²) < 4.78 is 40.3. The fraction of sp³-hybridized carbons (Fsp3) is 0.318. The van der Waals surface area contributed by atoms with Gasteiger partial charge in [0.15, 0.2) is 0 Å². The minimum absolute atomic E-state index is 0.0786. The van der Waals surface area contributed by atoms with E-state index in [1.807, 2.05) is 30.3 Å². The van der Waals surface area contributed by atoms with E-state index < -0.39 is 10.0 Å². The van der Waals surface area contributed by atoms with Gasteiger partial charge in [-0.15, -0.1) is 0 Å². The topological polar surface area (TPSA) is 57.7 Å². The van der Waals surface area contributed by atoms with Crippen molar-refractivity contribution in [2.45, 2.75) is 19.4 Å². The second-order valence-electron chi connectivity index (χ2n) is 7.22. The number of rotatable bonds is 6. The van der Waals surface area contributed by atoms with Gasteiger partial charge < -0.3 is 4.90 Å². The standard InChI is InChI=1S/C22H25FN2O3S/c1-24(17-20-9-5-6-10-21(20)23)22(26)19-11-14-25(15-12-19)29(27,28)16-13-18-7-3-2-4-8-18/h2-10,13,16,19H,11-12,14-15,17H2,1H3/b16-13+. The van der Waals surface area contributed by atoms with Crippen molar-refractivity contribution < 1.29 is 17.6 Å². The van der Waals surface area contributed by atoms with E-state index >= 15 is 0 Å². The van der Waals surface area contributed by atoms with Crippen LogP contribution in [0.3, 0.4) is 0 Å². The van der Waals surface area contributed by atoms with Crippen LogP contribution in [0.15, 0.2) is 60.0 Å². The van der Waals surface area contributed by atoms with Crippen LogP contribution in [-0.2, 0) is 21.4 Å². The van der Waals surface area contributed by atoms with Crippen LogP contribution in [-0.4, -0.2) is 43.7 Å². The zero-order valence-corrected chi connectivity index (χ0v) is 17.2. The lowest BCUT2D eigenvalue weighted by atomic mass is 9.96. The first kappa shape index (κ1) is 21.2. The SMILES string of the molecule is CN(Cc1ccccc1F)C(=O)C1CCN(S(=O)(=O)/C=C/c2ccccc2)CC1. The van der Waals surface area contributed by atoms with Gasteiger partial charge in [-0.25, -0.2) is 12.8 Å². The molecule has 0 radical (unpaired) electrons. The van der Waals surface area contributed by atoms with Gasteiger partial charge in [-0.3, -0.25) is 4.79 Å². The molecule has 154 valence electrons. The Kier molecular flexibility index (Phi) is 6.82. The zero-order valence-electron chi connectivity index (χ0n) is 16.4. The Balaban J connectivity index is 1.56. The number of nitrogens with zero attached hydrogens (tertiary/aromatic N) is 2. The molecule has 0 spiro atoms. The van der Waals surface area contributed by atoms with Crippen molar-refractivity contribution in [1.29, 1.82) is 0 Å². The van der Waals surface area contributed by atoms with E-state index in [0.717, 1.165) is 5.56 Å². The van der Waals surface area contributed by atoms with E-state index in [9.17, 15) is 17.6 Å². The van der Waals surface area contributed by atoms with Crippen LogP contribution in [0.5, 0.6) is 0 Å². The molecule has 1 amide bonds. The van der Waals surface area contributed by atoms with Gasteiger partial charge in [0, 0.05) is 43.6 Å². The van der Waals surface area contributed by atoms with E-state index in [2.05, 4.69) is 0 Å². The van der Waals surface area contributed by atoms with Crippen molar-refractivity contribution >= 4 is 22.0 Å². The van der Waals surface area contributed by atoms with Crippen LogP contribution in [0.2, 0.25) is 0 Å². The van der Waals surface area contributed by atoms with Crippen LogP contribution in [0.25, 0.3) is 6.08 Å². The lowest BCUT2D eigenvalue weighted by Gasteiger charge is -2.32. The largest absolute Gasteiger partial charge is 0.341 e. The quantitative estimate of drug-likeness (QED) is 0.724. The summed E-state index contributed by atoms with van der Waals surface area (Å²) in [6.07, 6.45) is 2.49. The number of hydrogen-bond acceptors (Lipinski definition) is 3. The third-order valence-corrected chi connectivity index (χ3v) is 6.70. The van der Waals surface area contributed by atoms with E-state index in [1.54, 1.807) is 31.3 Å². The second-order valence-corrected chi connectivity index (χ2v) is 9.04. The Bertz CT molecular complexity index is 969.